The standard InChI is InChI=1S/C51H53NS/c1-48(2)22-23-49(3,4)47-42(48)15-11-16-44(47)52(35-18-20-38-37-12-7-8-13-39(37)50(5,6)43(38)29-35)36-19-21-41-46(30-36)53-45-17-10-9-14-40(45)51(41)33-25-31-24-32(27-33)28-34(51)26-31/h7-21,29-34H,22-28H2,1-6H3. The average Bonchev–Trinajstić information content (AvgIpc) is 3.37. The molecule has 1 spiro atoms. The van der Waals surface area contributed by atoms with Crippen molar-refractivity contribution in [1.82, 2.24) is 0 Å². The van der Waals surface area contributed by atoms with Gasteiger partial charge in [0.05, 0.1) is 5.69 Å². The van der Waals surface area contributed by atoms with Gasteiger partial charge < -0.3 is 4.90 Å². The van der Waals surface area contributed by atoms with E-state index in [0.29, 0.717) is 0 Å². The lowest BCUT2D eigenvalue weighted by Gasteiger charge is -2.63. The Morgan fingerprint density at radius 3 is 1.89 bits per heavy atom. The van der Waals surface area contributed by atoms with Crippen molar-refractivity contribution in [2.75, 3.05) is 4.90 Å². The molecular formula is C51H53NS. The first-order chi connectivity index (χ1) is 25.5. The zero-order valence-corrected chi connectivity index (χ0v) is 33.2. The lowest BCUT2D eigenvalue weighted by atomic mass is 9.42. The molecule has 5 aromatic rings. The van der Waals surface area contributed by atoms with Gasteiger partial charge in [-0.2, -0.15) is 0 Å². The third-order valence-corrected chi connectivity index (χ3v) is 16.7. The summed E-state index contributed by atoms with van der Waals surface area (Å²) in [6.07, 6.45) is 9.53. The normalized spacial score (nSPS) is 28.5. The fraction of sp³-hybridized carbons (Fsp3) is 0.412. The Bertz CT molecular complexity index is 2310. The van der Waals surface area contributed by atoms with Crippen LogP contribution in [0.15, 0.2) is 113 Å². The van der Waals surface area contributed by atoms with Crippen molar-refractivity contribution >= 4 is 28.8 Å². The van der Waals surface area contributed by atoms with E-state index in [-0.39, 0.29) is 21.7 Å². The van der Waals surface area contributed by atoms with E-state index in [0.717, 1.165) is 23.7 Å². The van der Waals surface area contributed by atoms with Crippen LogP contribution >= 0.6 is 11.8 Å². The van der Waals surface area contributed by atoms with Gasteiger partial charge in [0, 0.05) is 32.0 Å². The number of hydrogen-bond donors (Lipinski definition) is 0. The van der Waals surface area contributed by atoms with Crippen LogP contribution in [-0.4, -0.2) is 0 Å². The van der Waals surface area contributed by atoms with Crippen molar-refractivity contribution in [3.63, 3.8) is 0 Å². The van der Waals surface area contributed by atoms with Crippen LogP contribution in [0.4, 0.5) is 17.1 Å². The lowest BCUT2D eigenvalue weighted by Crippen LogP contribution is -2.57. The first-order valence-electron chi connectivity index (χ1n) is 20.6. The molecule has 0 unspecified atom stereocenters. The van der Waals surface area contributed by atoms with Crippen LogP contribution < -0.4 is 4.90 Å². The van der Waals surface area contributed by atoms with Crippen molar-refractivity contribution in [2.45, 2.75) is 118 Å². The van der Waals surface area contributed by atoms with Gasteiger partial charge in [0.2, 0.25) is 0 Å². The average molecular weight is 712 g/mol. The highest BCUT2D eigenvalue weighted by Gasteiger charge is 2.60. The molecule has 0 radical (unpaired) electrons. The highest BCUT2D eigenvalue weighted by molar-refractivity contribution is 7.99. The fourth-order valence-corrected chi connectivity index (χ4v) is 14.4. The summed E-state index contributed by atoms with van der Waals surface area (Å²) in [6.45, 7) is 14.7. The molecule has 12 rings (SSSR count). The Labute approximate surface area is 321 Å². The van der Waals surface area contributed by atoms with Crippen molar-refractivity contribution < 1.29 is 0 Å². The van der Waals surface area contributed by atoms with Gasteiger partial charge in [0.25, 0.3) is 0 Å². The van der Waals surface area contributed by atoms with E-state index in [2.05, 4.69) is 150 Å². The molecule has 4 bridgehead atoms. The molecule has 0 atom stereocenters. The molecule has 4 saturated carbocycles. The highest BCUT2D eigenvalue weighted by atomic mass is 32.2. The third-order valence-electron chi connectivity index (χ3n) is 15.5. The summed E-state index contributed by atoms with van der Waals surface area (Å²) in [5.74, 6) is 3.39. The first kappa shape index (κ1) is 32.7. The SMILES string of the molecule is CC1(C)CCC(C)(C)c2c(N(c3ccc4c(c3)Sc3ccccc3C43C4CC5CC(C4)CC3C5)c3ccc4c(c3)C(C)(C)c3ccccc3-4)cccc21. The van der Waals surface area contributed by atoms with Crippen molar-refractivity contribution in [2.24, 2.45) is 23.7 Å². The second-order valence-electron chi connectivity index (χ2n) is 19.7. The summed E-state index contributed by atoms with van der Waals surface area (Å²) in [5, 5.41) is 0. The maximum atomic E-state index is 2.66. The molecule has 53 heavy (non-hydrogen) atoms. The number of anilines is 3. The second-order valence-corrected chi connectivity index (χ2v) is 20.7. The molecule has 2 heteroatoms. The van der Waals surface area contributed by atoms with Gasteiger partial charge in [-0.05, 0) is 160 Å². The molecule has 4 fully saturated rings. The van der Waals surface area contributed by atoms with Gasteiger partial charge in [-0.15, -0.1) is 0 Å². The van der Waals surface area contributed by atoms with Crippen molar-refractivity contribution in [3.8, 4) is 11.1 Å². The highest BCUT2D eigenvalue weighted by Crippen LogP contribution is 2.69. The van der Waals surface area contributed by atoms with Crippen LogP contribution in [0.5, 0.6) is 0 Å². The summed E-state index contributed by atoms with van der Waals surface area (Å²) in [7, 11) is 0. The van der Waals surface area contributed by atoms with Crippen LogP contribution in [0, 0.1) is 23.7 Å². The van der Waals surface area contributed by atoms with Crippen LogP contribution in [0.1, 0.15) is 120 Å². The van der Waals surface area contributed by atoms with E-state index < -0.39 is 0 Å². The lowest BCUT2D eigenvalue weighted by molar-refractivity contribution is -0.0443. The quantitative estimate of drug-likeness (QED) is 0.183. The van der Waals surface area contributed by atoms with Crippen LogP contribution in [0.3, 0.4) is 0 Å². The molecule has 1 nitrogen and oxygen atoms in total. The van der Waals surface area contributed by atoms with Crippen LogP contribution in [0.25, 0.3) is 11.1 Å². The van der Waals surface area contributed by atoms with Gasteiger partial charge in [-0.3, -0.25) is 0 Å². The first-order valence-corrected chi connectivity index (χ1v) is 21.4. The largest absolute Gasteiger partial charge is 0.310 e. The third kappa shape index (κ3) is 4.39. The topological polar surface area (TPSA) is 3.24 Å². The Balaban J connectivity index is 1.14. The zero-order chi connectivity index (χ0) is 36.1. The minimum Gasteiger partial charge on any atom is -0.310 e. The van der Waals surface area contributed by atoms with Gasteiger partial charge in [0.1, 0.15) is 0 Å². The number of benzene rings is 5. The molecular weight excluding hydrogens is 659 g/mol. The van der Waals surface area contributed by atoms with Crippen molar-refractivity contribution in [3.05, 3.63) is 137 Å². The van der Waals surface area contributed by atoms with E-state index in [4.69, 9.17) is 0 Å². The van der Waals surface area contributed by atoms with E-state index in [1.54, 1.807) is 11.1 Å². The van der Waals surface area contributed by atoms with E-state index in [1.165, 1.54) is 105 Å². The molecule has 5 aromatic carbocycles. The number of fused-ring (bicyclic) bond motifs is 6. The number of rotatable bonds is 3. The Kier molecular flexibility index (Phi) is 6.74. The molecule has 268 valence electrons. The number of hydrogen-bond acceptors (Lipinski definition) is 2. The van der Waals surface area contributed by atoms with Crippen LogP contribution in [0.2, 0.25) is 0 Å². The summed E-state index contributed by atoms with van der Waals surface area (Å²) in [4.78, 5) is 5.64. The molecule has 0 amide bonds. The minimum atomic E-state index is -0.0632. The predicted molar refractivity (Wildman–Crippen MR) is 222 cm³/mol. The fourth-order valence-electron chi connectivity index (χ4n) is 13.2. The summed E-state index contributed by atoms with van der Waals surface area (Å²) in [5.41, 5.74) is 16.1. The monoisotopic (exact) mass is 711 g/mol. The summed E-state index contributed by atoms with van der Waals surface area (Å²) < 4.78 is 0. The maximum Gasteiger partial charge on any atom is 0.0502 e. The molecule has 6 aliphatic carbocycles. The van der Waals surface area contributed by atoms with E-state index in [1.807, 2.05) is 11.8 Å². The molecule has 0 N–H and O–H groups in total. The van der Waals surface area contributed by atoms with Crippen molar-refractivity contribution in [1.29, 1.82) is 0 Å². The molecule has 0 saturated heterocycles. The van der Waals surface area contributed by atoms with Crippen LogP contribution in [-0.2, 0) is 21.7 Å². The zero-order valence-electron chi connectivity index (χ0n) is 32.4. The smallest absolute Gasteiger partial charge is 0.0502 e. The van der Waals surface area contributed by atoms with Gasteiger partial charge >= 0.3 is 0 Å². The minimum absolute atomic E-state index is 0.0632. The van der Waals surface area contributed by atoms with Gasteiger partial charge in [-0.1, -0.05) is 120 Å². The molecule has 7 aliphatic rings. The molecule has 0 aromatic heterocycles. The van der Waals surface area contributed by atoms with E-state index >= 15 is 0 Å². The Hall–Kier alpha value is -3.75. The second kappa shape index (κ2) is 10.9. The Morgan fingerprint density at radius 1 is 0.509 bits per heavy atom. The number of nitrogens with zero attached hydrogens (tertiary/aromatic N) is 1. The molecule has 1 aliphatic heterocycles. The molecule has 1 heterocycles. The Morgan fingerprint density at radius 2 is 1.11 bits per heavy atom. The summed E-state index contributed by atoms with van der Waals surface area (Å²) >= 11 is 2.04. The van der Waals surface area contributed by atoms with E-state index in [9.17, 15) is 0 Å². The summed E-state index contributed by atoms with van der Waals surface area (Å²) in [6, 6.07) is 40.9. The maximum absolute atomic E-state index is 2.66. The van der Waals surface area contributed by atoms with Gasteiger partial charge in [0.15, 0.2) is 0 Å². The van der Waals surface area contributed by atoms with Gasteiger partial charge in [-0.25, -0.2) is 0 Å². The predicted octanol–water partition coefficient (Wildman–Crippen LogP) is 14.0.